The average molecular weight is 360 g/mol. The van der Waals surface area contributed by atoms with Crippen LogP contribution in [0.15, 0.2) is 66.7 Å². The molecule has 0 fully saturated rings. The van der Waals surface area contributed by atoms with Crippen molar-refractivity contribution in [2.24, 2.45) is 0 Å². The second-order valence-electron chi connectivity index (χ2n) is 7.96. The van der Waals surface area contributed by atoms with Gasteiger partial charge in [-0.15, -0.1) is 0 Å². The second kappa shape index (κ2) is 6.05. The maximum atomic E-state index is 10.5. The number of hydrogen-bond acceptors (Lipinski definition) is 3. The van der Waals surface area contributed by atoms with Crippen molar-refractivity contribution in [1.82, 2.24) is 0 Å². The van der Waals surface area contributed by atoms with E-state index in [1.54, 1.807) is 24.3 Å². The summed E-state index contributed by atoms with van der Waals surface area (Å²) in [5, 5.41) is 30.4. The highest BCUT2D eigenvalue weighted by Crippen LogP contribution is 2.53. The number of benzene rings is 3. The van der Waals surface area contributed by atoms with Gasteiger partial charge in [0.1, 0.15) is 17.2 Å². The van der Waals surface area contributed by atoms with Crippen LogP contribution in [0.1, 0.15) is 48.9 Å². The Morgan fingerprint density at radius 2 is 1.26 bits per heavy atom. The number of aromatic hydroxyl groups is 3. The van der Waals surface area contributed by atoms with E-state index in [4.69, 9.17) is 0 Å². The van der Waals surface area contributed by atoms with E-state index in [1.165, 1.54) is 0 Å². The lowest BCUT2D eigenvalue weighted by atomic mass is 9.57. The van der Waals surface area contributed by atoms with Gasteiger partial charge in [-0.2, -0.15) is 0 Å². The quantitative estimate of drug-likeness (QED) is 0.588. The van der Waals surface area contributed by atoms with E-state index in [0.717, 1.165) is 35.1 Å². The minimum absolute atomic E-state index is 0.227. The van der Waals surface area contributed by atoms with Gasteiger partial charge in [0.15, 0.2) is 0 Å². The first-order chi connectivity index (χ1) is 12.8. The van der Waals surface area contributed by atoms with E-state index in [1.807, 2.05) is 42.5 Å². The van der Waals surface area contributed by atoms with Crippen LogP contribution < -0.4 is 0 Å². The molecule has 3 nitrogen and oxygen atoms in total. The highest BCUT2D eigenvalue weighted by Gasteiger charge is 2.44. The lowest BCUT2D eigenvalue weighted by Crippen LogP contribution is -2.38. The summed E-state index contributed by atoms with van der Waals surface area (Å²) < 4.78 is 0. The molecule has 0 amide bonds. The number of rotatable bonds is 2. The maximum absolute atomic E-state index is 10.5. The van der Waals surface area contributed by atoms with Crippen LogP contribution in [0.4, 0.5) is 0 Å². The molecule has 138 valence electrons. The van der Waals surface area contributed by atoms with Crippen molar-refractivity contribution < 1.29 is 15.3 Å². The first kappa shape index (κ1) is 17.5. The predicted octanol–water partition coefficient (Wildman–Crippen LogP) is 5.21. The largest absolute Gasteiger partial charge is 0.508 e. The van der Waals surface area contributed by atoms with Crippen molar-refractivity contribution in [3.05, 3.63) is 89.0 Å². The summed E-state index contributed by atoms with van der Waals surface area (Å²) in [4.78, 5) is 0. The SMILES string of the molecule is C[C@]1(c2ccccc2O)CC[C@](C)(c2ccc(O)cc2)c2ccc(O)cc21. The number of phenolic OH excluding ortho intramolecular Hbond substituents is 3. The van der Waals surface area contributed by atoms with Crippen LogP contribution in [0.2, 0.25) is 0 Å². The van der Waals surface area contributed by atoms with E-state index in [9.17, 15) is 15.3 Å². The fourth-order valence-corrected chi connectivity index (χ4v) is 4.59. The van der Waals surface area contributed by atoms with Crippen LogP contribution in [0, 0.1) is 0 Å². The van der Waals surface area contributed by atoms with Gasteiger partial charge in [-0.05, 0) is 59.9 Å². The van der Waals surface area contributed by atoms with Gasteiger partial charge in [0, 0.05) is 16.4 Å². The summed E-state index contributed by atoms with van der Waals surface area (Å²) in [5.74, 6) is 0.760. The van der Waals surface area contributed by atoms with Gasteiger partial charge in [0.2, 0.25) is 0 Å². The van der Waals surface area contributed by atoms with E-state index in [2.05, 4.69) is 13.8 Å². The Kier molecular flexibility index (Phi) is 3.92. The molecule has 3 aromatic rings. The Morgan fingerprint density at radius 3 is 1.96 bits per heavy atom. The maximum Gasteiger partial charge on any atom is 0.119 e. The Labute approximate surface area is 159 Å². The molecule has 3 N–H and O–H groups in total. The summed E-state index contributed by atoms with van der Waals surface area (Å²) in [6.07, 6.45) is 1.72. The van der Waals surface area contributed by atoms with Gasteiger partial charge in [-0.25, -0.2) is 0 Å². The minimum atomic E-state index is -0.393. The summed E-state index contributed by atoms with van der Waals surface area (Å²) in [7, 11) is 0. The third-order valence-electron chi connectivity index (χ3n) is 6.32. The van der Waals surface area contributed by atoms with Crippen LogP contribution in [0.3, 0.4) is 0 Å². The van der Waals surface area contributed by atoms with Crippen molar-refractivity contribution in [3.8, 4) is 17.2 Å². The van der Waals surface area contributed by atoms with Crippen molar-refractivity contribution >= 4 is 0 Å². The fourth-order valence-electron chi connectivity index (χ4n) is 4.59. The van der Waals surface area contributed by atoms with Gasteiger partial charge >= 0.3 is 0 Å². The third-order valence-corrected chi connectivity index (χ3v) is 6.32. The number of phenols is 3. The Morgan fingerprint density at radius 1 is 0.630 bits per heavy atom. The molecule has 1 aliphatic rings. The summed E-state index contributed by atoms with van der Waals surface area (Å²) in [5.41, 5.74) is 3.56. The normalized spacial score (nSPS) is 24.4. The van der Waals surface area contributed by atoms with E-state index in [0.29, 0.717) is 0 Å². The second-order valence-corrected chi connectivity index (χ2v) is 7.96. The molecule has 0 bridgehead atoms. The van der Waals surface area contributed by atoms with Crippen LogP contribution >= 0.6 is 0 Å². The first-order valence-corrected chi connectivity index (χ1v) is 9.26. The summed E-state index contributed by atoms with van der Waals surface area (Å²) >= 11 is 0. The third kappa shape index (κ3) is 2.66. The summed E-state index contributed by atoms with van der Waals surface area (Å²) in [6.45, 7) is 4.34. The molecule has 2 atom stereocenters. The van der Waals surface area contributed by atoms with Gasteiger partial charge in [0.05, 0.1) is 0 Å². The molecule has 0 heterocycles. The smallest absolute Gasteiger partial charge is 0.119 e. The van der Waals surface area contributed by atoms with Gasteiger partial charge < -0.3 is 15.3 Å². The Hall–Kier alpha value is -2.94. The highest BCUT2D eigenvalue weighted by atomic mass is 16.3. The van der Waals surface area contributed by atoms with Crippen molar-refractivity contribution in [2.45, 2.75) is 37.5 Å². The van der Waals surface area contributed by atoms with Crippen LogP contribution in [0.25, 0.3) is 0 Å². The lowest BCUT2D eigenvalue weighted by molar-refractivity contribution is 0.354. The van der Waals surface area contributed by atoms with Crippen LogP contribution in [-0.4, -0.2) is 15.3 Å². The zero-order chi connectivity index (χ0) is 19.2. The molecular formula is C24H24O3. The molecule has 4 rings (SSSR count). The highest BCUT2D eigenvalue weighted by molar-refractivity contribution is 5.57. The predicted molar refractivity (Wildman–Crippen MR) is 106 cm³/mol. The van der Waals surface area contributed by atoms with E-state index < -0.39 is 5.41 Å². The van der Waals surface area contributed by atoms with Crippen LogP contribution in [0.5, 0.6) is 17.2 Å². The van der Waals surface area contributed by atoms with Crippen molar-refractivity contribution in [3.63, 3.8) is 0 Å². The number of fused-ring (bicyclic) bond motifs is 1. The van der Waals surface area contributed by atoms with Crippen molar-refractivity contribution in [2.75, 3.05) is 0 Å². The molecule has 3 heteroatoms. The molecule has 0 unspecified atom stereocenters. The molecule has 0 spiro atoms. The van der Waals surface area contributed by atoms with E-state index in [-0.39, 0.29) is 22.7 Å². The molecule has 0 aromatic heterocycles. The molecule has 1 aliphatic carbocycles. The van der Waals surface area contributed by atoms with Gasteiger partial charge in [0.25, 0.3) is 0 Å². The fraction of sp³-hybridized carbons (Fsp3) is 0.250. The van der Waals surface area contributed by atoms with Gasteiger partial charge in [-0.3, -0.25) is 0 Å². The average Bonchev–Trinajstić information content (AvgIpc) is 2.66. The Balaban J connectivity index is 1.94. The lowest BCUT2D eigenvalue weighted by Gasteiger charge is -2.46. The molecule has 0 radical (unpaired) electrons. The summed E-state index contributed by atoms with van der Waals surface area (Å²) in [6, 6.07) is 20.4. The zero-order valence-electron chi connectivity index (χ0n) is 15.6. The molecule has 3 aromatic carbocycles. The van der Waals surface area contributed by atoms with E-state index >= 15 is 0 Å². The minimum Gasteiger partial charge on any atom is -0.508 e. The van der Waals surface area contributed by atoms with Gasteiger partial charge in [-0.1, -0.05) is 50.2 Å². The molecule has 0 saturated carbocycles. The van der Waals surface area contributed by atoms with Crippen LogP contribution in [-0.2, 0) is 10.8 Å². The number of para-hydroxylation sites is 1. The monoisotopic (exact) mass is 360 g/mol. The first-order valence-electron chi connectivity index (χ1n) is 9.26. The Bertz CT molecular complexity index is 993. The molecule has 0 aliphatic heterocycles. The molecular weight excluding hydrogens is 336 g/mol. The number of hydrogen-bond donors (Lipinski definition) is 3. The standard InChI is InChI=1S/C24H24O3/c1-23(16-7-9-17(25)10-8-16)13-14-24(2,20-5-3-4-6-22(20)27)21-15-18(26)11-12-19(21)23/h3-12,15,25-27H,13-14H2,1-2H3/t23-,24-/m1/s1. The molecule has 27 heavy (non-hydrogen) atoms. The zero-order valence-corrected chi connectivity index (χ0v) is 15.6. The topological polar surface area (TPSA) is 60.7 Å². The molecule has 0 saturated heterocycles. The van der Waals surface area contributed by atoms with Crippen molar-refractivity contribution in [1.29, 1.82) is 0 Å².